The summed E-state index contributed by atoms with van der Waals surface area (Å²) in [5, 5.41) is 23.8. The molecule has 6 nitrogen and oxygen atoms in total. The van der Waals surface area contributed by atoms with Crippen LogP contribution in [0.15, 0.2) is 77.5 Å². The molecule has 158 valence electrons. The fraction of sp³-hybridized carbons (Fsp3) is 0.250. The Balaban J connectivity index is 1.86. The lowest BCUT2D eigenvalue weighted by atomic mass is 9.71. The highest BCUT2D eigenvalue weighted by Crippen LogP contribution is 2.68. The number of carbonyl (C=O) groups excluding carboxylic acids is 1. The number of carbonyl (C=O) groups is 1. The van der Waals surface area contributed by atoms with E-state index in [1.54, 1.807) is 6.07 Å². The molecule has 2 aromatic carbocycles. The number of aromatic nitrogens is 1. The van der Waals surface area contributed by atoms with Crippen molar-refractivity contribution in [3.8, 4) is 5.75 Å². The number of esters is 1. The van der Waals surface area contributed by atoms with Gasteiger partial charge in [0.15, 0.2) is 11.2 Å². The van der Waals surface area contributed by atoms with Gasteiger partial charge in [-0.1, -0.05) is 58.4 Å². The van der Waals surface area contributed by atoms with E-state index in [-0.39, 0.29) is 0 Å². The lowest BCUT2D eigenvalue weighted by molar-refractivity contribution is -0.161. The summed E-state index contributed by atoms with van der Waals surface area (Å²) in [6, 6.07) is 18.3. The minimum absolute atomic E-state index is 0.371. The number of aliphatic hydroxyl groups is 2. The van der Waals surface area contributed by atoms with E-state index >= 15 is 0 Å². The van der Waals surface area contributed by atoms with Crippen molar-refractivity contribution in [3.63, 3.8) is 0 Å². The summed E-state index contributed by atoms with van der Waals surface area (Å²) < 4.78 is 12.4. The molecule has 7 heteroatoms. The van der Waals surface area contributed by atoms with E-state index in [2.05, 4.69) is 20.9 Å². The molecule has 31 heavy (non-hydrogen) atoms. The van der Waals surface area contributed by atoms with Crippen LogP contribution in [-0.4, -0.2) is 34.4 Å². The van der Waals surface area contributed by atoms with E-state index in [9.17, 15) is 15.0 Å². The molecule has 1 aliphatic heterocycles. The lowest BCUT2D eigenvalue weighted by Crippen LogP contribution is -2.52. The Morgan fingerprint density at radius 2 is 1.84 bits per heavy atom. The van der Waals surface area contributed by atoms with E-state index in [1.165, 1.54) is 19.5 Å². The van der Waals surface area contributed by atoms with Gasteiger partial charge in [0.2, 0.25) is 0 Å². The van der Waals surface area contributed by atoms with Crippen LogP contribution < -0.4 is 4.74 Å². The maximum absolute atomic E-state index is 13.0. The van der Waals surface area contributed by atoms with E-state index < -0.39 is 35.1 Å². The molecule has 2 aliphatic rings. The van der Waals surface area contributed by atoms with Crippen molar-refractivity contribution in [3.05, 3.63) is 94.2 Å². The summed E-state index contributed by atoms with van der Waals surface area (Å²) in [4.78, 5) is 17.1. The first kappa shape index (κ1) is 20.2. The summed E-state index contributed by atoms with van der Waals surface area (Å²) in [6.45, 7) is 0. The van der Waals surface area contributed by atoms with Gasteiger partial charge in [-0.25, -0.2) is 0 Å². The highest BCUT2D eigenvalue weighted by Gasteiger charge is 2.77. The zero-order chi connectivity index (χ0) is 21.8. The van der Waals surface area contributed by atoms with Crippen LogP contribution in [0, 0.1) is 5.92 Å². The van der Waals surface area contributed by atoms with Crippen LogP contribution in [0.25, 0.3) is 0 Å². The molecule has 2 heterocycles. The third kappa shape index (κ3) is 2.57. The maximum Gasteiger partial charge on any atom is 0.312 e. The first-order valence-electron chi connectivity index (χ1n) is 9.88. The van der Waals surface area contributed by atoms with Gasteiger partial charge >= 0.3 is 5.97 Å². The summed E-state index contributed by atoms with van der Waals surface area (Å²) in [5.41, 5.74) is -1.60. The summed E-state index contributed by atoms with van der Waals surface area (Å²) in [7, 11) is 1.28. The number of rotatable bonds is 3. The molecule has 0 saturated heterocycles. The first-order chi connectivity index (χ1) is 14.9. The Morgan fingerprint density at radius 3 is 2.52 bits per heavy atom. The highest BCUT2D eigenvalue weighted by atomic mass is 79.9. The van der Waals surface area contributed by atoms with Crippen LogP contribution in [0.3, 0.4) is 0 Å². The molecule has 0 spiro atoms. The Bertz CT molecular complexity index is 1140. The number of ether oxygens (including phenoxy) is 2. The third-order valence-corrected chi connectivity index (χ3v) is 7.03. The molecular weight excluding hydrogens is 462 g/mol. The van der Waals surface area contributed by atoms with Crippen molar-refractivity contribution >= 4 is 21.9 Å². The second kappa shape index (κ2) is 7.15. The SMILES string of the molecule is COC(=O)[C@H]1[C@@H](O)[C@@]2(O)c3ccncc3O[C@@]2(c2ccc(Br)cc2)[C@@H]1c1ccccc1. The quantitative estimate of drug-likeness (QED) is 0.558. The molecule has 1 saturated carbocycles. The normalized spacial score (nSPS) is 30.9. The van der Waals surface area contributed by atoms with Gasteiger partial charge in [0.05, 0.1) is 19.2 Å². The zero-order valence-electron chi connectivity index (χ0n) is 16.6. The minimum Gasteiger partial charge on any atom is -0.476 e. The van der Waals surface area contributed by atoms with Gasteiger partial charge in [-0.15, -0.1) is 0 Å². The molecule has 0 radical (unpaired) electrons. The van der Waals surface area contributed by atoms with E-state index in [0.717, 1.165) is 10.0 Å². The fourth-order valence-corrected chi connectivity index (χ4v) is 5.53. The van der Waals surface area contributed by atoms with Crippen molar-refractivity contribution in [1.29, 1.82) is 0 Å². The van der Waals surface area contributed by atoms with Crippen LogP contribution >= 0.6 is 15.9 Å². The van der Waals surface area contributed by atoms with Crippen molar-refractivity contribution in [2.24, 2.45) is 5.92 Å². The minimum atomic E-state index is -1.90. The van der Waals surface area contributed by atoms with E-state index in [0.29, 0.717) is 16.9 Å². The number of benzene rings is 2. The van der Waals surface area contributed by atoms with Crippen molar-refractivity contribution in [2.45, 2.75) is 23.2 Å². The second-order valence-electron chi connectivity index (χ2n) is 7.86. The average molecular weight is 482 g/mol. The molecule has 0 amide bonds. The Morgan fingerprint density at radius 1 is 1.13 bits per heavy atom. The number of pyridine rings is 1. The Kier molecular flexibility index (Phi) is 4.66. The predicted molar refractivity (Wildman–Crippen MR) is 115 cm³/mol. The lowest BCUT2D eigenvalue weighted by Gasteiger charge is -2.40. The van der Waals surface area contributed by atoms with Crippen molar-refractivity contribution in [1.82, 2.24) is 4.98 Å². The summed E-state index contributed by atoms with van der Waals surface area (Å²) in [6.07, 6.45) is 1.58. The first-order valence-corrected chi connectivity index (χ1v) is 10.7. The van der Waals surface area contributed by atoms with E-state index in [4.69, 9.17) is 9.47 Å². The van der Waals surface area contributed by atoms with Gasteiger partial charge in [0.1, 0.15) is 11.9 Å². The number of aliphatic hydroxyl groups excluding tert-OH is 1. The Hall–Kier alpha value is -2.74. The van der Waals surface area contributed by atoms with Crippen molar-refractivity contribution < 1.29 is 24.5 Å². The standard InChI is InChI=1S/C24H20BrNO5/c1-30-22(28)19-20(14-5-3-2-4-6-14)24(15-7-9-16(25)10-8-15)23(29,21(19)27)17-11-12-26-13-18(17)31-24/h2-13,19-21,27,29H,1H3/t19-,20-,21-,23+,24+/m1/s1. The van der Waals surface area contributed by atoms with Crippen molar-refractivity contribution in [2.75, 3.05) is 7.11 Å². The number of hydrogen-bond donors (Lipinski definition) is 2. The molecule has 2 N–H and O–H groups in total. The fourth-order valence-electron chi connectivity index (χ4n) is 5.26. The topological polar surface area (TPSA) is 88.9 Å². The van der Waals surface area contributed by atoms with Crippen LogP contribution in [-0.2, 0) is 20.7 Å². The van der Waals surface area contributed by atoms with E-state index in [1.807, 2.05) is 54.6 Å². The summed E-state index contributed by atoms with van der Waals surface area (Å²) >= 11 is 3.45. The van der Waals surface area contributed by atoms with Gasteiger partial charge in [-0.3, -0.25) is 9.78 Å². The Labute approximate surface area is 187 Å². The molecular formula is C24H20BrNO5. The molecule has 1 aromatic heterocycles. The number of halogens is 1. The number of methoxy groups -OCH3 is 1. The zero-order valence-corrected chi connectivity index (χ0v) is 18.2. The monoisotopic (exact) mass is 481 g/mol. The highest BCUT2D eigenvalue weighted by molar-refractivity contribution is 9.10. The second-order valence-corrected chi connectivity index (χ2v) is 8.78. The van der Waals surface area contributed by atoms with Crippen LogP contribution in [0.1, 0.15) is 22.6 Å². The molecule has 0 bridgehead atoms. The number of hydrogen-bond acceptors (Lipinski definition) is 6. The average Bonchev–Trinajstić information content (AvgIpc) is 3.18. The molecule has 1 aliphatic carbocycles. The molecule has 5 atom stereocenters. The van der Waals surface area contributed by atoms with Gasteiger partial charge in [-0.2, -0.15) is 0 Å². The molecule has 0 unspecified atom stereocenters. The van der Waals surface area contributed by atoms with Gasteiger partial charge in [-0.05, 0) is 29.3 Å². The largest absolute Gasteiger partial charge is 0.476 e. The van der Waals surface area contributed by atoms with Crippen LogP contribution in [0.2, 0.25) is 0 Å². The smallest absolute Gasteiger partial charge is 0.312 e. The van der Waals surface area contributed by atoms with Crippen LogP contribution in [0.4, 0.5) is 0 Å². The van der Waals surface area contributed by atoms with Gasteiger partial charge in [0, 0.05) is 22.2 Å². The molecule has 3 aromatic rings. The summed E-state index contributed by atoms with van der Waals surface area (Å²) in [5.74, 6) is -2.02. The number of nitrogens with zero attached hydrogens (tertiary/aromatic N) is 1. The number of fused-ring (bicyclic) bond motifs is 3. The van der Waals surface area contributed by atoms with Gasteiger partial charge in [0.25, 0.3) is 0 Å². The molecule has 1 fully saturated rings. The maximum atomic E-state index is 13.0. The predicted octanol–water partition coefficient (Wildman–Crippen LogP) is 3.27. The van der Waals surface area contributed by atoms with Gasteiger partial charge < -0.3 is 19.7 Å². The molecule has 5 rings (SSSR count). The van der Waals surface area contributed by atoms with Crippen LogP contribution in [0.5, 0.6) is 5.75 Å². The third-order valence-electron chi connectivity index (χ3n) is 6.50.